The Kier molecular flexibility index (Phi) is 6.92. The third-order valence-electron chi connectivity index (χ3n) is 5.50. The number of nitrogens with one attached hydrogen (secondary N) is 1. The summed E-state index contributed by atoms with van der Waals surface area (Å²) < 4.78 is 39.3. The Hall–Kier alpha value is -1.98. The van der Waals surface area contributed by atoms with E-state index in [0.717, 1.165) is 0 Å². The van der Waals surface area contributed by atoms with E-state index in [1.54, 1.807) is 30.3 Å². The smallest absolute Gasteiger partial charge is 0.287 e. The molecule has 0 amide bonds. The number of ether oxygens (including phenoxy) is 2. The van der Waals surface area contributed by atoms with Crippen LogP contribution >= 0.6 is 11.6 Å². The average molecular weight is 469 g/mol. The largest absolute Gasteiger partial charge is 0.380 e. The molecule has 1 N–H and O–H groups in total. The van der Waals surface area contributed by atoms with Crippen LogP contribution in [0.1, 0.15) is 18.9 Å². The van der Waals surface area contributed by atoms with Gasteiger partial charge in [-0.1, -0.05) is 29.8 Å². The predicted octanol–water partition coefficient (Wildman–Crippen LogP) is 1.75. The van der Waals surface area contributed by atoms with Crippen LogP contribution in [0.3, 0.4) is 0 Å². The van der Waals surface area contributed by atoms with E-state index in [-0.39, 0.29) is 22.1 Å². The second kappa shape index (κ2) is 9.66. The van der Waals surface area contributed by atoms with Gasteiger partial charge in [-0.15, -0.1) is 0 Å². The molecule has 1 aromatic carbocycles. The molecule has 0 aliphatic carbocycles. The van der Waals surface area contributed by atoms with Crippen molar-refractivity contribution in [2.75, 3.05) is 44.8 Å². The number of rotatable bonds is 6. The summed E-state index contributed by atoms with van der Waals surface area (Å²) >= 11 is 6.30. The number of benzene rings is 1. The van der Waals surface area contributed by atoms with E-state index < -0.39 is 15.6 Å². The molecule has 2 fully saturated rings. The van der Waals surface area contributed by atoms with Crippen LogP contribution in [0.5, 0.6) is 0 Å². The van der Waals surface area contributed by atoms with Gasteiger partial charge < -0.3 is 14.8 Å². The first kappa shape index (κ1) is 22.2. The lowest BCUT2D eigenvalue weighted by molar-refractivity contribution is -0.0818. The van der Waals surface area contributed by atoms with Gasteiger partial charge in [0.05, 0.1) is 48.7 Å². The standard InChI is InChI=1S/C20H25ClN4O5S/c21-19-18(22-12-16-14-29-10-11-30-16)13-23-25(20(19)26)15-6-8-24(9-7-15)31(27,28)17-4-2-1-3-5-17/h1-5,13,15-16,22H,6-12,14H2/t16-/m1/s1. The first-order valence-electron chi connectivity index (χ1n) is 10.2. The molecule has 2 aromatic rings. The summed E-state index contributed by atoms with van der Waals surface area (Å²) in [5.41, 5.74) is 0.0537. The molecule has 31 heavy (non-hydrogen) atoms. The van der Waals surface area contributed by atoms with Crippen molar-refractivity contribution in [3.05, 3.63) is 51.9 Å². The zero-order valence-corrected chi connectivity index (χ0v) is 18.5. The van der Waals surface area contributed by atoms with E-state index in [1.807, 2.05) is 0 Å². The summed E-state index contributed by atoms with van der Waals surface area (Å²) in [5.74, 6) is 0. The minimum Gasteiger partial charge on any atom is -0.380 e. The van der Waals surface area contributed by atoms with Crippen molar-refractivity contribution in [3.8, 4) is 0 Å². The minimum absolute atomic E-state index is 0.0612. The fraction of sp³-hybridized carbons (Fsp3) is 0.500. The van der Waals surface area contributed by atoms with Gasteiger partial charge in [-0.2, -0.15) is 9.40 Å². The highest BCUT2D eigenvalue weighted by molar-refractivity contribution is 7.89. The number of sulfonamides is 1. The maximum atomic E-state index is 12.8. The van der Waals surface area contributed by atoms with Crippen LogP contribution in [-0.2, 0) is 19.5 Å². The first-order valence-corrected chi connectivity index (χ1v) is 12.0. The molecule has 2 aliphatic rings. The maximum absolute atomic E-state index is 12.8. The summed E-state index contributed by atoms with van der Waals surface area (Å²) in [5, 5.41) is 7.45. The number of anilines is 1. The fourth-order valence-corrected chi connectivity index (χ4v) is 5.47. The van der Waals surface area contributed by atoms with Crippen molar-refractivity contribution < 1.29 is 17.9 Å². The number of hydrogen-bond acceptors (Lipinski definition) is 7. The fourth-order valence-electron chi connectivity index (χ4n) is 3.78. The van der Waals surface area contributed by atoms with E-state index in [9.17, 15) is 13.2 Å². The van der Waals surface area contributed by atoms with Gasteiger partial charge in [0.25, 0.3) is 5.56 Å². The zero-order valence-electron chi connectivity index (χ0n) is 16.9. The number of nitrogens with zero attached hydrogens (tertiary/aromatic N) is 3. The van der Waals surface area contributed by atoms with E-state index in [2.05, 4.69) is 10.4 Å². The van der Waals surface area contributed by atoms with Gasteiger partial charge in [0.2, 0.25) is 10.0 Å². The van der Waals surface area contributed by atoms with E-state index in [1.165, 1.54) is 15.2 Å². The van der Waals surface area contributed by atoms with Gasteiger partial charge in [-0.3, -0.25) is 4.79 Å². The van der Waals surface area contributed by atoms with Gasteiger partial charge in [0.15, 0.2) is 0 Å². The van der Waals surface area contributed by atoms with Gasteiger partial charge in [-0.05, 0) is 25.0 Å². The molecular weight excluding hydrogens is 444 g/mol. The van der Waals surface area contributed by atoms with Gasteiger partial charge in [-0.25, -0.2) is 13.1 Å². The van der Waals surface area contributed by atoms with Crippen molar-refractivity contribution in [2.45, 2.75) is 29.9 Å². The zero-order chi connectivity index (χ0) is 21.8. The van der Waals surface area contributed by atoms with Gasteiger partial charge in [0.1, 0.15) is 5.02 Å². The second-order valence-electron chi connectivity index (χ2n) is 7.52. The Morgan fingerprint density at radius 3 is 2.58 bits per heavy atom. The highest BCUT2D eigenvalue weighted by Gasteiger charge is 2.31. The van der Waals surface area contributed by atoms with E-state index in [0.29, 0.717) is 58.0 Å². The Bertz CT molecular complexity index is 1050. The van der Waals surface area contributed by atoms with Crippen molar-refractivity contribution in [3.63, 3.8) is 0 Å². The Morgan fingerprint density at radius 1 is 1.16 bits per heavy atom. The van der Waals surface area contributed by atoms with Crippen LogP contribution in [0.25, 0.3) is 0 Å². The van der Waals surface area contributed by atoms with Crippen molar-refractivity contribution in [1.29, 1.82) is 0 Å². The Morgan fingerprint density at radius 2 is 1.90 bits per heavy atom. The average Bonchev–Trinajstić information content (AvgIpc) is 2.81. The summed E-state index contributed by atoms with van der Waals surface area (Å²) in [4.78, 5) is 13.1. The summed E-state index contributed by atoms with van der Waals surface area (Å²) in [6, 6.07) is 8.15. The second-order valence-corrected chi connectivity index (χ2v) is 9.83. The number of piperidine rings is 1. The topological polar surface area (TPSA) is 103 Å². The van der Waals surface area contributed by atoms with Crippen LogP contribution in [0.2, 0.25) is 5.02 Å². The molecule has 0 spiro atoms. The highest BCUT2D eigenvalue weighted by Crippen LogP contribution is 2.26. The SMILES string of the molecule is O=c1c(Cl)c(NC[C@@H]2COCCO2)cnn1C1CCN(S(=O)(=O)c2ccccc2)CC1. The molecule has 2 aliphatic heterocycles. The predicted molar refractivity (Wildman–Crippen MR) is 116 cm³/mol. The number of hydrogen-bond donors (Lipinski definition) is 1. The molecule has 3 heterocycles. The van der Waals surface area contributed by atoms with Crippen molar-refractivity contribution in [2.24, 2.45) is 0 Å². The molecule has 1 aromatic heterocycles. The lowest BCUT2D eigenvalue weighted by Crippen LogP contribution is -2.41. The lowest BCUT2D eigenvalue weighted by atomic mass is 10.1. The first-order chi connectivity index (χ1) is 15.0. The summed E-state index contributed by atoms with van der Waals surface area (Å²) in [6.45, 7) is 2.69. The molecule has 0 unspecified atom stereocenters. The van der Waals surface area contributed by atoms with E-state index >= 15 is 0 Å². The molecule has 0 saturated carbocycles. The summed E-state index contributed by atoms with van der Waals surface area (Å²) in [7, 11) is -3.54. The van der Waals surface area contributed by atoms with Crippen LogP contribution in [0.4, 0.5) is 5.69 Å². The third kappa shape index (κ3) is 4.93. The molecule has 168 valence electrons. The van der Waals surface area contributed by atoms with Crippen LogP contribution in [0.15, 0.2) is 46.2 Å². The molecule has 4 rings (SSSR count). The summed E-state index contributed by atoms with van der Waals surface area (Å²) in [6.07, 6.45) is 2.38. The van der Waals surface area contributed by atoms with Crippen LogP contribution in [-0.4, -0.2) is 68.1 Å². The molecule has 9 nitrogen and oxygen atoms in total. The molecule has 0 radical (unpaired) electrons. The normalized spacial score (nSPS) is 21.1. The molecule has 1 atom stereocenters. The molecular formula is C20H25ClN4O5S. The van der Waals surface area contributed by atoms with Crippen molar-refractivity contribution in [1.82, 2.24) is 14.1 Å². The monoisotopic (exact) mass is 468 g/mol. The third-order valence-corrected chi connectivity index (χ3v) is 7.78. The molecule has 2 saturated heterocycles. The quantitative estimate of drug-likeness (QED) is 0.688. The lowest BCUT2D eigenvalue weighted by Gasteiger charge is -2.31. The number of aromatic nitrogens is 2. The highest BCUT2D eigenvalue weighted by atomic mass is 35.5. The van der Waals surface area contributed by atoms with Crippen LogP contribution < -0.4 is 10.9 Å². The van der Waals surface area contributed by atoms with E-state index in [4.69, 9.17) is 21.1 Å². The minimum atomic E-state index is -3.54. The Balaban J connectivity index is 1.40. The van der Waals surface area contributed by atoms with Gasteiger partial charge in [0, 0.05) is 19.6 Å². The van der Waals surface area contributed by atoms with Crippen LogP contribution in [0, 0.1) is 0 Å². The Labute approximate surface area is 186 Å². The van der Waals surface area contributed by atoms with Gasteiger partial charge >= 0.3 is 0 Å². The molecule has 0 bridgehead atoms. The maximum Gasteiger partial charge on any atom is 0.287 e. The van der Waals surface area contributed by atoms with Crippen molar-refractivity contribution >= 4 is 27.3 Å². The number of halogens is 1. The molecule has 11 heteroatoms.